The molecule has 0 amide bonds. The van der Waals surface area contributed by atoms with E-state index in [1.807, 2.05) is 26.0 Å². The van der Waals surface area contributed by atoms with Crippen molar-refractivity contribution in [3.05, 3.63) is 12.2 Å². The van der Waals surface area contributed by atoms with Gasteiger partial charge in [-0.25, -0.2) is 0 Å². The second-order valence-corrected chi connectivity index (χ2v) is 6.93. The molecule has 1 heterocycles. The van der Waals surface area contributed by atoms with E-state index in [9.17, 15) is 5.11 Å². The molecule has 1 saturated heterocycles. The van der Waals surface area contributed by atoms with Gasteiger partial charge in [0.15, 0.2) is 20.5 Å². The lowest BCUT2D eigenvalue weighted by Gasteiger charge is -2.25. The fourth-order valence-electron chi connectivity index (χ4n) is 2.16. The van der Waals surface area contributed by atoms with Gasteiger partial charge in [0.05, 0.1) is 19.3 Å². The molecule has 0 aliphatic carbocycles. The van der Waals surface area contributed by atoms with Crippen molar-refractivity contribution < 1.29 is 28.4 Å². The summed E-state index contributed by atoms with van der Waals surface area (Å²) in [6.07, 6.45) is 4.39. The Morgan fingerprint density at radius 1 is 1.27 bits per heavy atom. The Labute approximate surface area is 134 Å². The molecule has 1 fully saturated rings. The third-order valence-corrected chi connectivity index (χ3v) is 4.53. The van der Waals surface area contributed by atoms with E-state index < -0.39 is 14.2 Å². The molecule has 6 nitrogen and oxygen atoms in total. The smallest absolute Gasteiger partial charge is 0.174 e. The Morgan fingerprint density at radius 2 is 1.91 bits per heavy atom. The van der Waals surface area contributed by atoms with E-state index in [1.54, 1.807) is 21.0 Å². The number of aliphatic hydroxyl groups is 1. The largest absolute Gasteiger partial charge is 0.366 e. The topological polar surface area (TPSA) is 66.4 Å². The first-order valence-corrected chi connectivity index (χ1v) is 9.04. The summed E-state index contributed by atoms with van der Waals surface area (Å²) in [6.45, 7) is 8.39. The van der Waals surface area contributed by atoms with Gasteiger partial charge < -0.3 is 28.4 Å². The zero-order valence-electron chi connectivity index (χ0n) is 14.2. The van der Waals surface area contributed by atoms with Crippen LogP contribution in [0.3, 0.4) is 0 Å². The van der Waals surface area contributed by atoms with Crippen LogP contribution in [0.15, 0.2) is 12.2 Å². The zero-order chi connectivity index (χ0) is 16.6. The summed E-state index contributed by atoms with van der Waals surface area (Å²) in [4.78, 5) is 0. The first-order chi connectivity index (χ1) is 10.4. The summed E-state index contributed by atoms with van der Waals surface area (Å²) >= 11 is 0. The molecule has 0 aromatic carbocycles. The molecule has 1 rings (SSSR count). The highest BCUT2D eigenvalue weighted by atomic mass is 31.2. The van der Waals surface area contributed by atoms with Gasteiger partial charge in [0.1, 0.15) is 6.10 Å². The zero-order valence-corrected chi connectivity index (χ0v) is 15.0. The Balaban J connectivity index is 2.57. The van der Waals surface area contributed by atoms with E-state index in [0.29, 0.717) is 25.8 Å². The predicted molar refractivity (Wildman–Crippen MR) is 85.6 cm³/mol. The van der Waals surface area contributed by atoms with Crippen molar-refractivity contribution in [2.24, 2.45) is 0 Å². The van der Waals surface area contributed by atoms with Crippen LogP contribution in [-0.4, -0.2) is 55.9 Å². The molecule has 1 aliphatic heterocycles. The highest BCUT2D eigenvalue weighted by molar-refractivity contribution is 7.47. The Bertz CT molecular complexity index is 324. The third-order valence-electron chi connectivity index (χ3n) is 2.93. The van der Waals surface area contributed by atoms with Gasteiger partial charge in [0.25, 0.3) is 0 Å². The molecule has 3 atom stereocenters. The molecular weight excluding hydrogens is 307 g/mol. The van der Waals surface area contributed by atoms with Crippen LogP contribution < -0.4 is 0 Å². The van der Waals surface area contributed by atoms with E-state index in [-0.39, 0.29) is 18.5 Å². The molecule has 22 heavy (non-hydrogen) atoms. The van der Waals surface area contributed by atoms with Gasteiger partial charge in [-0.3, -0.25) is 0 Å². The Hall–Kier alpha value is -0.0700. The minimum atomic E-state index is -1.20. The average Bonchev–Trinajstić information content (AvgIpc) is 2.79. The summed E-state index contributed by atoms with van der Waals surface area (Å²) in [5.74, 6) is -1.20. The Morgan fingerprint density at radius 3 is 2.41 bits per heavy atom. The molecule has 130 valence electrons. The first-order valence-electron chi connectivity index (χ1n) is 7.68. The number of methoxy groups -OCH3 is 1. The summed E-state index contributed by atoms with van der Waals surface area (Å²) in [7, 11) is 0.698. The highest BCUT2D eigenvalue weighted by Crippen LogP contribution is 2.38. The maximum atomic E-state index is 9.83. The van der Waals surface area contributed by atoms with Crippen LogP contribution in [0.1, 0.15) is 34.1 Å². The summed E-state index contributed by atoms with van der Waals surface area (Å²) in [5, 5.41) is 9.83. The summed E-state index contributed by atoms with van der Waals surface area (Å²) in [5.41, 5.74) is 0. The lowest BCUT2D eigenvalue weighted by atomic mass is 10.1. The molecule has 0 bridgehead atoms. The fourth-order valence-corrected chi connectivity index (χ4v) is 3.32. The number of allylic oxidation sites excluding steroid dienone is 1. The van der Waals surface area contributed by atoms with Crippen molar-refractivity contribution in [3.63, 3.8) is 0 Å². The Kier molecular flexibility index (Phi) is 9.02. The standard InChI is InChI=1S/C15H29O6P/c1-6-18-22(19-7-2)10-8-9-12-13(21-15(3,4)16)11-14(17-5)20-12/h8-9,12-14,16H,6-7,10-11H2,1-5H3/b9-8+. The van der Waals surface area contributed by atoms with Crippen LogP contribution in [0, 0.1) is 0 Å². The van der Waals surface area contributed by atoms with Gasteiger partial charge in [0, 0.05) is 19.7 Å². The maximum Gasteiger partial charge on any atom is 0.174 e. The second kappa shape index (κ2) is 9.93. The second-order valence-electron chi connectivity index (χ2n) is 5.38. The molecule has 0 aromatic heterocycles. The molecular formula is C15H29O6P. The van der Waals surface area contributed by atoms with Crippen molar-refractivity contribution in [2.75, 3.05) is 26.5 Å². The van der Waals surface area contributed by atoms with E-state index >= 15 is 0 Å². The van der Waals surface area contributed by atoms with E-state index in [4.69, 9.17) is 23.3 Å². The van der Waals surface area contributed by atoms with Crippen molar-refractivity contribution in [1.82, 2.24) is 0 Å². The molecule has 7 heteroatoms. The van der Waals surface area contributed by atoms with Crippen LogP contribution in [0.2, 0.25) is 0 Å². The number of rotatable bonds is 10. The van der Waals surface area contributed by atoms with Gasteiger partial charge in [-0.1, -0.05) is 12.2 Å². The van der Waals surface area contributed by atoms with Crippen molar-refractivity contribution in [3.8, 4) is 0 Å². The van der Waals surface area contributed by atoms with Crippen LogP contribution in [0.5, 0.6) is 0 Å². The molecule has 3 unspecified atom stereocenters. The van der Waals surface area contributed by atoms with Crippen molar-refractivity contribution in [2.45, 2.75) is 58.4 Å². The van der Waals surface area contributed by atoms with E-state index in [1.165, 1.54) is 0 Å². The van der Waals surface area contributed by atoms with Gasteiger partial charge in [-0.15, -0.1) is 0 Å². The average molecular weight is 336 g/mol. The van der Waals surface area contributed by atoms with Gasteiger partial charge >= 0.3 is 0 Å². The van der Waals surface area contributed by atoms with Crippen molar-refractivity contribution >= 4 is 8.38 Å². The first kappa shape index (κ1) is 20.0. The number of hydrogen-bond acceptors (Lipinski definition) is 6. The molecule has 1 N–H and O–H groups in total. The van der Waals surface area contributed by atoms with Crippen LogP contribution in [0.25, 0.3) is 0 Å². The maximum absolute atomic E-state index is 9.83. The van der Waals surface area contributed by atoms with Crippen LogP contribution in [-0.2, 0) is 23.3 Å². The molecule has 0 radical (unpaired) electrons. The molecule has 0 aromatic rings. The monoisotopic (exact) mass is 336 g/mol. The van der Waals surface area contributed by atoms with Gasteiger partial charge in [-0.05, 0) is 27.7 Å². The fraction of sp³-hybridized carbons (Fsp3) is 0.867. The molecule has 1 aliphatic rings. The summed E-state index contributed by atoms with van der Waals surface area (Å²) in [6, 6.07) is 0. The normalized spacial score (nSPS) is 26.4. The quantitative estimate of drug-likeness (QED) is 0.376. The van der Waals surface area contributed by atoms with Gasteiger partial charge in [0.2, 0.25) is 0 Å². The van der Waals surface area contributed by atoms with E-state index in [2.05, 4.69) is 0 Å². The van der Waals surface area contributed by atoms with Gasteiger partial charge in [-0.2, -0.15) is 0 Å². The number of hydrogen-bond donors (Lipinski definition) is 1. The van der Waals surface area contributed by atoms with Crippen LogP contribution >= 0.6 is 8.38 Å². The SMILES string of the molecule is CCOP(C/C=C/C1OC(OC)CC1OC(C)(C)O)OCC. The highest BCUT2D eigenvalue weighted by Gasteiger charge is 2.37. The minimum absolute atomic E-state index is 0.244. The lowest BCUT2D eigenvalue weighted by molar-refractivity contribution is -0.210. The molecule has 0 saturated carbocycles. The van der Waals surface area contributed by atoms with Crippen molar-refractivity contribution in [1.29, 1.82) is 0 Å². The third kappa shape index (κ3) is 7.47. The van der Waals surface area contributed by atoms with Crippen LogP contribution in [0.4, 0.5) is 0 Å². The molecule has 0 spiro atoms. The number of ether oxygens (including phenoxy) is 3. The summed E-state index contributed by atoms with van der Waals surface area (Å²) < 4.78 is 27.7. The van der Waals surface area contributed by atoms with E-state index in [0.717, 1.165) is 0 Å². The lowest BCUT2D eigenvalue weighted by Crippen LogP contribution is -2.34. The predicted octanol–water partition coefficient (Wildman–Crippen LogP) is 2.80. The minimum Gasteiger partial charge on any atom is -0.366 e.